The summed E-state index contributed by atoms with van der Waals surface area (Å²) in [7, 11) is 0. The number of nitrogens with zero attached hydrogens (tertiary/aromatic N) is 2. The fourth-order valence-electron chi connectivity index (χ4n) is 3.62. The largest absolute Gasteiger partial charge is 0.374 e. The number of ether oxygens (including phenoxy) is 1. The molecule has 0 bridgehead atoms. The van der Waals surface area contributed by atoms with Crippen LogP contribution in [0.3, 0.4) is 0 Å². The highest BCUT2D eigenvalue weighted by Gasteiger charge is 2.24. The topological polar surface area (TPSA) is 49.9 Å². The summed E-state index contributed by atoms with van der Waals surface area (Å²) in [5.41, 5.74) is 1.24. The van der Waals surface area contributed by atoms with Gasteiger partial charge in [-0.05, 0) is 24.8 Å². The van der Waals surface area contributed by atoms with Crippen LogP contribution in [0.2, 0.25) is 0 Å². The number of morpholine rings is 1. The second kappa shape index (κ2) is 8.99. The van der Waals surface area contributed by atoms with E-state index in [4.69, 9.17) is 4.74 Å². The average Bonchev–Trinajstić information content (AvgIpc) is 2.64. The van der Waals surface area contributed by atoms with Crippen molar-refractivity contribution in [3.8, 4) is 0 Å². The van der Waals surface area contributed by atoms with Gasteiger partial charge in [0, 0.05) is 45.4 Å². The maximum absolute atomic E-state index is 12.5. The van der Waals surface area contributed by atoms with Gasteiger partial charge in [-0.15, -0.1) is 0 Å². The molecule has 2 aliphatic rings. The second-order valence-corrected chi connectivity index (χ2v) is 6.96. The Morgan fingerprint density at radius 2 is 2.00 bits per heavy atom. The van der Waals surface area contributed by atoms with Gasteiger partial charge in [0.2, 0.25) is 11.8 Å². The zero-order valence-corrected chi connectivity index (χ0v) is 14.9. The van der Waals surface area contributed by atoms with E-state index in [0.717, 1.165) is 32.2 Å². The van der Waals surface area contributed by atoms with Crippen LogP contribution in [0.5, 0.6) is 0 Å². The number of hydrogen-bond donors (Lipinski definition) is 0. The number of carbonyl (C=O) groups is 2. The van der Waals surface area contributed by atoms with Crippen molar-refractivity contribution in [3.05, 3.63) is 35.9 Å². The summed E-state index contributed by atoms with van der Waals surface area (Å²) in [5.74, 6) is 0.429. The maximum Gasteiger partial charge on any atom is 0.222 e. The number of amides is 2. The Labute approximate surface area is 149 Å². The lowest BCUT2D eigenvalue weighted by atomic mass is 10.1. The first kappa shape index (κ1) is 17.9. The molecule has 0 aliphatic carbocycles. The molecular formula is C20H28N2O3. The van der Waals surface area contributed by atoms with Crippen LogP contribution >= 0.6 is 0 Å². The van der Waals surface area contributed by atoms with E-state index in [0.29, 0.717) is 39.1 Å². The third-order valence-corrected chi connectivity index (χ3v) is 5.04. The molecule has 2 amide bonds. The number of carbonyl (C=O) groups excluding carboxylic acids is 2. The van der Waals surface area contributed by atoms with Gasteiger partial charge in [-0.3, -0.25) is 9.59 Å². The fraction of sp³-hybridized carbons (Fsp3) is 0.600. The lowest BCUT2D eigenvalue weighted by molar-refractivity contribution is -0.139. The third-order valence-electron chi connectivity index (χ3n) is 5.04. The Morgan fingerprint density at radius 3 is 2.80 bits per heavy atom. The van der Waals surface area contributed by atoms with Gasteiger partial charge in [-0.1, -0.05) is 30.3 Å². The standard InChI is InChI=1S/C20H28N2O3/c23-19-9-4-5-11-21(19)12-6-10-20(24)22-13-14-25-18(16-22)15-17-7-2-1-3-8-17/h1-3,7-8,18H,4-6,9-16H2. The summed E-state index contributed by atoms with van der Waals surface area (Å²) >= 11 is 0. The van der Waals surface area contributed by atoms with Crippen LogP contribution in [0, 0.1) is 0 Å². The number of piperidine rings is 1. The molecule has 0 saturated carbocycles. The van der Waals surface area contributed by atoms with Gasteiger partial charge in [0.25, 0.3) is 0 Å². The molecular weight excluding hydrogens is 316 g/mol. The predicted molar refractivity (Wildman–Crippen MR) is 96.1 cm³/mol. The van der Waals surface area contributed by atoms with Crippen molar-refractivity contribution in [2.24, 2.45) is 0 Å². The number of likely N-dealkylation sites (tertiary alicyclic amines) is 1. The number of rotatable bonds is 6. The zero-order valence-electron chi connectivity index (χ0n) is 14.9. The van der Waals surface area contributed by atoms with E-state index < -0.39 is 0 Å². The first-order chi connectivity index (χ1) is 12.2. The van der Waals surface area contributed by atoms with Gasteiger partial charge in [0.05, 0.1) is 12.7 Å². The van der Waals surface area contributed by atoms with Gasteiger partial charge in [-0.2, -0.15) is 0 Å². The molecule has 25 heavy (non-hydrogen) atoms. The second-order valence-electron chi connectivity index (χ2n) is 6.96. The molecule has 136 valence electrons. The van der Waals surface area contributed by atoms with E-state index in [-0.39, 0.29) is 17.9 Å². The molecule has 0 radical (unpaired) electrons. The van der Waals surface area contributed by atoms with Crippen molar-refractivity contribution >= 4 is 11.8 Å². The molecule has 1 aromatic carbocycles. The van der Waals surface area contributed by atoms with Crippen molar-refractivity contribution in [2.75, 3.05) is 32.8 Å². The summed E-state index contributed by atoms with van der Waals surface area (Å²) in [6.45, 7) is 3.50. The highest BCUT2D eigenvalue weighted by atomic mass is 16.5. The van der Waals surface area contributed by atoms with Crippen LogP contribution in [0.25, 0.3) is 0 Å². The smallest absolute Gasteiger partial charge is 0.222 e. The molecule has 3 rings (SSSR count). The van der Waals surface area contributed by atoms with E-state index in [2.05, 4.69) is 12.1 Å². The van der Waals surface area contributed by atoms with Crippen LogP contribution in [-0.4, -0.2) is 60.5 Å². The minimum absolute atomic E-state index is 0.0729. The first-order valence-electron chi connectivity index (χ1n) is 9.43. The zero-order chi connectivity index (χ0) is 17.5. The minimum atomic E-state index is 0.0729. The van der Waals surface area contributed by atoms with Crippen molar-refractivity contribution in [1.82, 2.24) is 9.80 Å². The maximum atomic E-state index is 12.5. The van der Waals surface area contributed by atoms with Crippen molar-refractivity contribution in [1.29, 1.82) is 0 Å². The number of hydrogen-bond acceptors (Lipinski definition) is 3. The molecule has 0 spiro atoms. The van der Waals surface area contributed by atoms with Crippen molar-refractivity contribution in [3.63, 3.8) is 0 Å². The van der Waals surface area contributed by atoms with E-state index in [1.165, 1.54) is 5.56 Å². The molecule has 2 fully saturated rings. The quantitative estimate of drug-likeness (QED) is 0.795. The SMILES string of the molecule is O=C1CCCCN1CCCC(=O)N1CCOC(Cc2ccccc2)C1. The van der Waals surface area contributed by atoms with Gasteiger partial charge in [0.1, 0.15) is 0 Å². The van der Waals surface area contributed by atoms with E-state index in [9.17, 15) is 9.59 Å². The fourth-order valence-corrected chi connectivity index (χ4v) is 3.62. The molecule has 2 heterocycles. The van der Waals surface area contributed by atoms with Crippen molar-refractivity contribution in [2.45, 2.75) is 44.6 Å². The van der Waals surface area contributed by atoms with E-state index in [1.54, 1.807) is 0 Å². The summed E-state index contributed by atoms with van der Waals surface area (Å²) in [6.07, 6.45) is 4.94. The third kappa shape index (κ3) is 5.30. The van der Waals surface area contributed by atoms with Crippen molar-refractivity contribution < 1.29 is 14.3 Å². The summed E-state index contributed by atoms with van der Waals surface area (Å²) in [5, 5.41) is 0. The van der Waals surface area contributed by atoms with Gasteiger partial charge >= 0.3 is 0 Å². The Hall–Kier alpha value is -1.88. The normalized spacial score (nSPS) is 21.4. The monoisotopic (exact) mass is 344 g/mol. The molecule has 0 N–H and O–H groups in total. The minimum Gasteiger partial charge on any atom is -0.374 e. The summed E-state index contributed by atoms with van der Waals surface area (Å²) in [4.78, 5) is 28.1. The molecule has 1 unspecified atom stereocenters. The summed E-state index contributed by atoms with van der Waals surface area (Å²) < 4.78 is 5.83. The Balaban J connectivity index is 1.41. The van der Waals surface area contributed by atoms with Crippen LogP contribution in [0.1, 0.15) is 37.7 Å². The number of benzene rings is 1. The van der Waals surface area contributed by atoms with Crippen LogP contribution in [0.15, 0.2) is 30.3 Å². The molecule has 1 atom stereocenters. The van der Waals surface area contributed by atoms with Crippen LogP contribution in [0.4, 0.5) is 0 Å². The Morgan fingerprint density at radius 1 is 1.16 bits per heavy atom. The van der Waals surface area contributed by atoms with Gasteiger partial charge in [0.15, 0.2) is 0 Å². The van der Waals surface area contributed by atoms with E-state index in [1.807, 2.05) is 28.0 Å². The van der Waals surface area contributed by atoms with Crippen LogP contribution < -0.4 is 0 Å². The van der Waals surface area contributed by atoms with Gasteiger partial charge < -0.3 is 14.5 Å². The molecule has 0 aromatic heterocycles. The lowest BCUT2D eigenvalue weighted by Crippen LogP contribution is -2.46. The molecule has 5 heteroatoms. The highest BCUT2D eigenvalue weighted by molar-refractivity contribution is 5.77. The molecule has 2 saturated heterocycles. The first-order valence-corrected chi connectivity index (χ1v) is 9.43. The average molecular weight is 344 g/mol. The van der Waals surface area contributed by atoms with E-state index >= 15 is 0 Å². The van der Waals surface area contributed by atoms with Gasteiger partial charge in [-0.25, -0.2) is 0 Å². The highest BCUT2D eigenvalue weighted by Crippen LogP contribution is 2.14. The Kier molecular flexibility index (Phi) is 6.45. The molecule has 2 aliphatic heterocycles. The molecule has 1 aromatic rings. The predicted octanol–water partition coefficient (Wildman–Crippen LogP) is 2.25. The Bertz CT molecular complexity index is 576. The lowest BCUT2D eigenvalue weighted by Gasteiger charge is -2.33. The molecule has 5 nitrogen and oxygen atoms in total. The summed E-state index contributed by atoms with van der Waals surface area (Å²) in [6, 6.07) is 10.3. The van der Waals surface area contributed by atoms with Crippen LogP contribution in [-0.2, 0) is 20.7 Å².